The second-order valence-corrected chi connectivity index (χ2v) is 6.45. The topological polar surface area (TPSA) is 12.0 Å². The summed E-state index contributed by atoms with van der Waals surface area (Å²) >= 11 is 0. The molecule has 0 unspecified atom stereocenters. The molecule has 0 saturated heterocycles. The molecule has 1 saturated carbocycles. The fourth-order valence-corrected chi connectivity index (χ4v) is 3.29. The van der Waals surface area contributed by atoms with Crippen LogP contribution in [0.1, 0.15) is 79.1 Å². The highest BCUT2D eigenvalue weighted by atomic mass is 14.9. The Morgan fingerprint density at radius 2 is 1.65 bits per heavy atom. The first kappa shape index (κ1) is 15.0. The number of nitrogens with one attached hydrogen (secondary N) is 1. The zero-order chi connectivity index (χ0) is 12.7. The standard InChI is InChI=1S/C16H33N/c1-5-16(6-2,13-17-14(3)4)12-15-10-8-7-9-11-15/h14-15,17H,5-13H2,1-4H3. The van der Waals surface area contributed by atoms with Gasteiger partial charge in [-0.15, -0.1) is 0 Å². The summed E-state index contributed by atoms with van der Waals surface area (Å²) in [6.07, 6.45) is 11.5. The minimum Gasteiger partial charge on any atom is -0.314 e. The third kappa shape index (κ3) is 4.99. The van der Waals surface area contributed by atoms with Crippen molar-refractivity contribution in [3.8, 4) is 0 Å². The van der Waals surface area contributed by atoms with Gasteiger partial charge in [0.2, 0.25) is 0 Å². The lowest BCUT2D eigenvalue weighted by molar-refractivity contribution is 0.160. The lowest BCUT2D eigenvalue weighted by atomic mass is 9.71. The summed E-state index contributed by atoms with van der Waals surface area (Å²) in [6.45, 7) is 10.5. The Labute approximate surface area is 109 Å². The van der Waals surface area contributed by atoms with Crippen molar-refractivity contribution in [3.05, 3.63) is 0 Å². The van der Waals surface area contributed by atoms with Crippen molar-refractivity contribution >= 4 is 0 Å². The molecule has 0 aliphatic heterocycles. The van der Waals surface area contributed by atoms with Crippen molar-refractivity contribution in [2.24, 2.45) is 11.3 Å². The van der Waals surface area contributed by atoms with Gasteiger partial charge in [-0.3, -0.25) is 0 Å². The molecule has 0 aromatic heterocycles. The Bertz CT molecular complexity index is 188. The summed E-state index contributed by atoms with van der Waals surface area (Å²) in [7, 11) is 0. The molecule has 1 fully saturated rings. The van der Waals surface area contributed by atoms with Crippen LogP contribution in [0.2, 0.25) is 0 Å². The van der Waals surface area contributed by atoms with Crippen LogP contribution in [-0.4, -0.2) is 12.6 Å². The van der Waals surface area contributed by atoms with Gasteiger partial charge in [0.25, 0.3) is 0 Å². The highest BCUT2D eigenvalue weighted by Crippen LogP contribution is 2.38. The summed E-state index contributed by atoms with van der Waals surface area (Å²) in [5.74, 6) is 1.01. The molecule has 1 N–H and O–H groups in total. The number of hydrogen-bond donors (Lipinski definition) is 1. The van der Waals surface area contributed by atoms with E-state index in [-0.39, 0.29) is 0 Å². The molecule has 1 rings (SSSR count). The van der Waals surface area contributed by atoms with Gasteiger partial charge in [-0.25, -0.2) is 0 Å². The van der Waals surface area contributed by atoms with Gasteiger partial charge in [-0.2, -0.15) is 0 Å². The summed E-state index contributed by atoms with van der Waals surface area (Å²) in [5, 5.41) is 3.68. The Hall–Kier alpha value is -0.0400. The van der Waals surface area contributed by atoms with Crippen LogP contribution in [0.5, 0.6) is 0 Å². The van der Waals surface area contributed by atoms with Gasteiger partial charge in [0.05, 0.1) is 0 Å². The second kappa shape index (κ2) is 7.41. The van der Waals surface area contributed by atoms with E-state index >= 15 is 0 Å². The Morgan fingerprint density at radius 1 is 1.06 bits per heavy atom. The van der Waals surface area contributed by atoms with Crippen molar-refractivity contribution in [1.82, 2.24) is 5.32 Å². The fourth-order valence-electron chi connectivity index (χ4n) is 3.29. The van der Waals surface area contributed by atoms with E-state index in [2.05, 4.69) is 33.0 Å². The largest absolute Gasteiger partial charge is 0.314 e. The first-order valence-electron chi connectivity index (χ1n) is 7.85. The molecule has 1 heteroatoms. The quantitative estimate of drug-likeness (QED) is 0.675. The van der Waals surface area contributed by atoms with E-state index < -0.39 is 0 Å². The van der Waals surface area contributed by atoms with Crippen molar-refractivity contribution in [2.75, 3.05) is 6.54 Å². The third-order valence-electron chi connectivity index (χ3n) is 4.83. The first-order valence-corrected chi connectivity index (χ1v) is 7.85. The average Bonchev–Trinajstić information content (AvgIpc) is 2.36. The van der Waals surface area contributed by atoms with E-state index in [1.807, 2.05) is 0 Å². The Morgan fingerprint density at radius 3 is 2.12 bits per heavy atom. The molecule has 0 atom stereocenters. The van der Waals surface area contributed by atoms with Gasteiger partial charge in [0.15, 0.2) is 0 Å². The lowest BCUT2D eigenvalue weighted by Gasteiger charge is -2.37. The van der Waals surface area contributed by atoms with Crippen molar-refractivity contribution in [2.45, 2.75) is 85.1 Å². The van der Waals surface area contributed by atoms with Crippen molar-refractivity contribution < 1.29 is 0 Å². The Kier molecular flexibility index (Phi) is 6.54. The zero-order valence-electron chi connectivity index (χ0n) is 12.5. The first-order chi connectivity index (χ1) is 8.12. The molecule has 0 spiro atoms. The highest BCUT2D eigenvalue weighted by Gasteiger charge is 2.30. The maximum atomic E-state index is 3.68. The second-order valence-electron chi connectivity index (χ2n) is 6.45. The third-order valence-corrected chi connectivity index (χ3v) is 4.83. The normalized spacial score (nSPS) is 18.9. The van der Waals surface area contributed by atoms with Gasteiger partial charge in [0, 0.05) is 12.6 Å². The molecule has 0 aromatic rings. The van der Waals surface area contributed by atoms with E-state index in [0.29, 0.717) is 11.5 Å². The SMILES string of the molecule is CCC(CC)(CNC(C)C)CC1CCCCC1. The predicted molar refractivity (Wildman–Crippen MR) is 77.3 cm³/mol. The maximum Gasteiger partial charge on any atom is 0.00106 e. The molecule has 0 amide bonds. The molecule has 102 valence electrons. The van der Waals surface area contributed by atoms with E-state index in [1.54, 1.807) is 0 Å². The minimum absolute atomic E-state index is 0.562. The van der Waals surface area contributed by atoms with Crippen LogP contribution in [0.25, 0.3) is 0 Å². The molecule has 0 bridgehead atoms. The van der Waals surface area contributed by atoms with Gasteiger partial charge >= 0.3 is 0 Å². The van der Waals surface area contributed by atoms with Crippen molar-refractivity contribution in [3.63, 3.8) is 0 Å². The van der Waals surface area contributed by atoms with Gasteiger partial charge in [-0.1, -0.05) is 59.8 Å². The highest BCUT2D eigenvalue weighted by molar-refractivity contribution is 4.83. The summed E-state index contributed by atoms with van der Waals surface area (Å²) in [6, 6.07) is 0.624. The lowest BCUT2D eigenvalue weighted by Crippen LogP contribution is -2.38. The molecule has 1 nitrogen and oxygen atoms in total. The fraction of sp³-hybridized carbons (Fsp3) is 1.00. The molecule has 1 aliphatic carbocycles. The summed E-state index contributed by atoms with van der Waals surface area (Å²) in [5.41, 5.74) is 0.562. The summed E-state index contributed by atoms with van der Waals surface area (Å²) in [4.78, 5) is 0. The van der Waals surface area contributed by atoms with Gasteiger partial charge in [0.1, 0.15) is 0 Å². The van der Waals surface area contributed by atoms with E-state index in [4.69, 9.17) is 0 Å². The Balaban J connectivity index is 2.49. The average molecular weight is 239 g/mol. The van der Waals surface area contributed by atoms with Crippen LogP contribution in [0.4, 0.5) is 0 Å². The molecular weight excluding hydrogens is 206 g/mol. The zero-order valence-corrected chi connectivity index (χ0v) is 12.5. The van der Waals surface area contributed by atoms with Crippen LogP contribution in [0.3, 0.4) is 0 Å². The predicted octanol–water partition coefficient (Wildman–Crippen LogP) is 4.76. The molecule has 17 heavy (non-hydrogen) atoms. The van der Waals surface area contributed by atoms with E-state index in [0.717, 1.165) is 5.92 Å². The van der Waals surface area contributed by atoms with Gasteiger partial charge in [-0.05, 0) is 30.6 Å². The summed E-state index contributed by atoms with van der Waals surface area (Å²) < 4.78 is 0. The minimum atomic E-state index is 0.562. The van der Waals surface area contributed by atoms with Crippen LogP contribution >= 0.6 is 0 Å². The molecule has 0 aromatic carbocycles. The number of rotatable bonds is 7. The van der Waals surface area contributed by atoms with Gasteiger partial charge < -0.3 is 5.32 Å². The molecule has 0 radical (unpaired) electrons. The van der Waals surface area contributed by atoms with Crippen LogP contribution < -0.4 is 5.32 Å². The van der Waals surface area contributed by atoms with Crippen LogP contribution in [0.15, 0.2) is 0 Å². The van der Waals surface area contributed by atoms with Crippen LogP contribution in [-0.2, 0) is 0 Å². The smallest absolute Gasteiger partial charge is 0.00106 e. The van der Waals surface area contributed by atoms with E-state index in [9.17, 15) is 0 Å². The maximum absolute atomic E-state index is 3.68. The molecular formula is C16H33N. The van der Waals surface area contributed by atoms with Crippen LogP contribution in [0, 0.1) is 11.3 Å². The molecule has 1 aliphatic rings. The van der Waals surface area contributed by atoms with E-state index in [1.165, 1.54) is 57.9 Å². The monoisotopic (exact) mass is 239 g/mol. The number of hydrogen-bond acceptors (Lipinski definition) is 1. The molecule has 0 heterocycles. The van der Waals surface area contributed by atoms with Crippen molar-refractivity contribution in [1.29, 1.82) is 0 Å².